The van der Waals surface area contributed by atoms with Gasteiger partial charge in [-0.1, -0.05) is 12.1 Å². The molecular formula is C8H8BNO3. The van der Waals surface area contributed by atoms with Crippen LogP contribution >= 0.6 is 0 Å². The number of nitrogens with one attached hydrogen (secondary N) is 1. The molecule has 0 saturated carbocycles. The first-order valence-electron chi connectivity index (χ1n) is 3.86. The summed E-state index contributed by atoms with van der Waals surface area (Å²) in [7, 11) is -1.78. The molecule has 1 aromatic heterocycles. The van der Waals surface area contributed by atoms with Crippen LogP contribution in [0.5, 0.6) is 5.75 Å². The molecule has 5 heteroatoms. The van der Waals surface area contributed by atoms with Gasteiger partial charge in [0.2, 0.25) is 0 Å². The fourth-order valence-corrected chi connectivity index (χ4v) is 1.26. The molecular weight excluding hydrogens is 169 g/mol. The highest BCUT2D eigenvalue weighted by molar-refractivity contribution is 6.34. The van der Waals surface area contributed by atoms with E-state index in [2.05, 4.69) is 4.98 Å². The van der Waals surface area contributed by atoms with Gasteiger partial charge in [-0.25, -0.2) is 0 Å². The molecule has 0 aliphatic rings. The van der Waals surface area contributed by atoms with E-state index in [1.165, 1.54) is 0 Å². The summed E-state index contributed by atoms with van der Waals surface area (Å²) in [5, 5.41) is 18.0. The Morgan fingerprint density at radius 3 is 2.77 bits per heavy atom. The van der Waals surface area contributed by atoms with Crippen molar-refractivity contribution in [1.82, 2.24) is 4.98 Å². The van der Waals surface area contributed by atoms with E-state index in [0.717, 1.165) is 10.9 Å². The third-order valence-electron chi connectivity index (χ3n) is 1.78. The molecule has 1 aromatic carbocycles. The average molecular weight is 177 g/mol. The molecule has 2 rings (SSSR count). The van der Waals surface area contributed by atoms with Gasteiger partial charge in [0.25, 0.3) is 0 Å². The Labute approximate surface area is 75.0 Å². The van der Waals surface area contributed by atoms with E-state index in [1.807, 2.05) is 24.3 Å². The van der Waals surface area contributed by atoms with Crippen LogP contribution in [0.2, 0.25) is 0 Å². The second kappa shape index (κ2) is 3.12. The van der Waals surface area contributed by atoms with Crippen LogP contribution in [-0.2, 0) is 0 Å². The molecule has 0 aliphatic heterocycles. The maximum atomic E-state index is 8.60. The second-order valence-electron chi connectivity index (χ2n) is 2.64. The Hall–Kier alpha value is -1.46. The van der Waals surface area contributed by atoms with Gasteiger partial charge in [0.1, 0.15) is 5.75 Å². The third-order valence-corrected chi connectivity index (χ3v) is 1.78. The van der Waals surface area contributed by atoms with Crippen LogP contribution in [0.25, 0.3) is 10.9 Å². The fraction of sp³-hybridized carbons (Fsp3) is 0. The Bertz CT molecular complexity index is 412. The molecule has 0 atom stereocenters. The predicted octanol–water partition coefficient (Wildman–Crippen LogP) is 0.516. The molecule has 2 aromatic rings. The van der Waals surface area contributed by atoms with E-state index in [-0.39, 0.29) is 0 Å². The highest BCUT2D eigenvalue weighted by Crippen LogP contribution is 2.24. The quantitative estimate of drug-likeness (QED) is 0.585. The number of H-pyrrole nitrogens is 1. The lowest BCUT2D eigenvalue weighted by molar-refractivity contribution is 0.289. The summed E-state index contributed by atoms with van der Waals surface area (Å²) < 4.78 is 4.75. The van der Waals surface area contributed by atoms with Crippen molar-refractivity contribution in [2.75, 3.05) is 0 Å². The summed E-state index contributed by atoms with van der Waals surface area (Å²) in [5.74, 6) is 0.436. The van der Waals surface area contributed by atoms with E-state index in [9.17, 15) is 0 Å². The van der Waals surface area contributed by atoms with E-state index < -0.39 is 7.32 Å². The van der Waals surface area contributed by atoms with Crippen molar-refractivity contribution < 1.29 is 14.7 Å². The number of para-hydroxylation sites is 1. The number of aromatic amines is 1. The average Bonchev–Trinajstić information content (AvgIpc) is 2.48. The van der Waals surface area contributed by atoms with Crippen molar-refractivity contribution in [3.05, 3.63) is 30.5 Å². The standard InChI is InChI=1S/C8H8BNO3/c11-9(12)13-8-5-10-7-4-2-1-3-6(7)8/h1-5,10-12H. The van der Waals surface area contributed by atoms with Crippen molar-refractivity contribution in [3.8, 4) is 5.75 Å². The highest BCUT2D eigenvalue weighted by Gasteiger charge is 2.13. The molecule has 0 spiro atoms. The first-order valence-corrected chi connectivity index (χ1v) is 3.86. The van der Waals surface area contributed by atoms with Gasteiger partial charge in [0.05, 0.1) is 0 Å². The lowest BCUT2D eigenvalue weighted by atomic mass is 10.2. The Morgan fingerprint density at radius 2 is 2.00 bits per heavy atom. The molecule has 1 heterocycles. The molecule has 66 valence electrons. The topological polar surface area (TPSA) is 65.5 Å². The first kappa shape index (κ1) is 8.16. The minimum atomic E-state index is -1.78. The van der Waals surface area contributed by atoms with E-state index in [0.29, 0.717) is 5.75 Å². The zero-order chi connectivity index (χ0) is 9.26. The molecule has 3 N–H and O–H groups in total. The molecule has 13 heavy (non-hydrogen) atoms. The van der Waals surface area contributed by atoms with Crippen LogP contribution in [0.3, 0.4) is 0 Å². The monoisotopic (exact) mass is 177 g/mol. The number of hydrogen-bond donors (Lipinski definition) is 3. The summed E-state index contributed by atoms with van der Waals surface area (Å²) >= 11 is 0. The Kier molecular flexibility index (Phi) is 1.96. The molecule has 0 radical (unpaired) electrons. The highest BCUT2D eigenvalue weighted by atomic mass is 16.6. The molecule has 4 nitrogen and oxygen atoms in total. The molecule has 0 aliphatic carbocycles. The van der Waals surface area contributed by atoms with Crippen LogP contribution in [0.15, 0.2) is 30.5 Å². The van der Waals surface area contributed by atoms with Crippen molar-refractivity contribution >= 4 is 18.2 Å². The van der Waals surface area contributed by atoms with Gasteiger partial charge < -0.3 is 19.7 Å². The van der Waals surface area contributed by atoms with Gasteiger partial charge >= 0.3 is 7.32 Å². The molecule has 0 unspecified atom stereocenters. The van der Waals surface area contributed by atoms with Gasteiger partial charge in [-0.2, -0.15) is 0 Å². The SMILES string of the molecule is OB(O)Oc1c[nH]c2ccccc12. The van der Waals surface area contributed by atoms with Gasteiger partial charge in [0.15, 0.2) is 0 Å². The van der Waals surface area contributed by atoms with E-state index in [4.69, 9.17) is 14.7 Å². The third kappa shape index (κ3) is 1.51. The summed E-state index contributed by atoms with van der Waals surface area (Å²) in [6.45, 7) is 0. The second-order valence-corrected chi connectivity index (χ2v) is 2.64. The molecule has 0 amide bonds. The number of benzene rings is 1. The Morgan fingerprint density at radius 1 is 1.23 bits per heavy atom. The van der Waals surface area contributed by atoms with Crippen LogP contribution in [-0.4, -0.2) is 22.4 Å². The van der Waals surface area contributed by atoms with Crippen LogP contribution < -0.4 is 4.65 Å². The van der Waals surface area contributed by atoms with E-state index in [1.54, 1.807) is 6.20 Å². The lowest BCUT2D eigenvalue weighted by Gasteiger charge is -2.00. The normalized spacial score (nSPS) is 10.3. The fourth-order valence-electron chi connectivity index (χ4n) is 1.26. The van der Waals surface area contributed by atoms with Crippen molar-refractivity contribution in [3.63, 3.8) is 0 Å². The zero-order valence-electron chi connectivity index (χ0n) is 6.77. The van der Waals surface area contributed by atoms with E-state index >= 15 is 0 Å². The maximum Gasteiger partial charge on any atom is 0.707 e. The maximum absolute atomic E-state index is 8.60. The summed E-state index contributed by atoms with van der Waals surface area (Å²) in [5.41, 5.74) is 0.901. The lowest BCUT2D eigenvalue weighted by Crippen LogP contribution is -2.20. The van der Waals surface area contributed by atoms with Crippen molar-refractivity contribution in [2.45, 2.75) is 0 Å². The van der Waals surface area contributed by atoms with Gasteiger partial charge in [-0.3, -0.25) is 0 Å². The minimum Gasteiger partial charge on any atom is -0.510 e. The molecule has 0 fully saturated rings. The van der Waals surface area contributed by atoms with Gasteiger partial charge in [-0.05, 0) is 12.1 Å². The van der Waals surface area contributed by atoms with Crippen molar-refractivity contribution in [2.24, 2.45) is 0 Å². The number of fused-ring (bicyclic) bond motifs is 1. The number of aromatic nitrogens is 1. The van der Waals surface area contributed by atoms with Gasteiger partial charge in [0, 0.05) is 17.1 Å². The summed E-state index contributed by atoms with van der Waals surface area (Å²) in [4.78, 5) is 2.95. The largest absolute Gasteiger partial charge is 0.707 e. The Balaban J connectivity index is 2.46. The summed E-state index contributed by atoms with van der Waals surface area (Å²) in [6, 6.07) is 7.46. The molecule has 0 bridgehead atoms. The first-order chi connectivity index (χ1) is 6.27. The number of rotatable bonds is 2. The minimum absolute atomic E-state index is 0.436. The number of hydrogen-bond acceptors (Lipinski definition) is 3. The molecule has 0 saturated heterocycles. The van der Waals surface area contributed by atoms with Crippen LogP contribution in [0.1, 0.15) is 0 Å². The van der Waals surface area contributed by atoms with Crippen LogP contribution in [0.4, 0.5) is 0 Å². The smallest absolute Gasteiger partial charge is 0.510 e. The van der Waals surface area contributed by atoms with Crippen molar-refractivity contribution in [1.29, 1.82) is 0 Å². The summed E-state index contributed by atoms with van der Waals surface area (Å²) in [6.07, 6.45) is 1.59. The van der Waals surface area contributed by atoms with Gasteiger partial charge in [-0.15, -0.1) is 0 Å². The zero-order valence-corrected chi connectivity index (χ0v) is 6.77. The predicted molar refractivity (Wildman–Crippen MR) is 49.1 cm³/mol. The van der Waals surface area contributed by atoms with Crippen LogP contribution in [0, 0.1) is 0 Å².